The molecule has 0 aliphatic rings. The van der Waals surface area contributed by atoms with Gasteiger partial charge in [-0.3, -0.25) is 4.57 Å². The van der Waals surface area contributed by atoms with E-state index in [9.17, 15) is 4.79 Å². The van der Waals surface area contributed by atoms with Crippen molar-refractivity contribution in [3.05, 3.63) is 35.1 Å². The molecule has 0 bridgehead atoms. The molecule has 19 heavy (non-hydrogen) atoms. The Hall–Kier alpha value is -2.15. The molecule has 2 rings (SSSR count). The van der Waals surface area contributed by atoms with Gasteiger partial charge in [-0.2, -0.15) is 0 Å². The number of para-hydroxylation sites is 1. The molecule has 100 valence electrons. The molecule has 0 unspecified atom stereocenters. The Morgan fingerprint density at radius 3 is 2.68 bits per heavy atom. The smallest absolute Gasteiger partial charge is 0.442 e. The van der Waals surface area contributed by atoms with Gasteiger partial charge < -0.3 is 9.47 Å². The molecule has 0 aliphatic carbocycles. The minimum atomic E-state index is -0.669. The zero-order chi connectivity index (χ0) is 13.8. The van der Waals surface area contributed by atoms with Crippen LogP contribution in [0.4, 0.5) is 4.79 Å². The SMILES string of the molecule is CCOc1nn(C(=O)Oc2ccccc2)c(=S)n1C. The van der Waals surface area contributed by atoms with E-state index in [2.05, 4.69) is 5.10 Å². The Morgan fingerprint density at radius 1 is 1.37 bits per heavy atom. The first-order valence-electron chi connectivity index (χ1n) is 5.69. The number of nitrogens with zero attached hydrogens (tertiary/aromatic N) is 3. The Kier molecular flexibility index (Phi) is 3.96. The molecule has 2 aromatic rings. The molecule has 7 heteroatoms. The largest absolute Gasteiger partial charge is 0.464 e. The molecule has 0 aliphatic heterocycles. The van der Waals surface area contributed by atoms with Crippen LogP contribution in [0.1, 0.15) is 6.92 Å². The van der Waals surface area contributed by atoms with E-state index in [1.165, 1.54) is 4.57 Å². The predicted molar refractivity (Wildman–Crippen MR) is 71.1 cm³/mol. The standard InChI is InChI=1S/C12H13N3O3S/c1-3-17-10-13-15(11(19)14(10)2)12(16)18-9-7-5-4-6-8-9/h4-8H,3H2,1-2H3. The van der Waals surface area contributed by atoms with Crippen LogP contribution in [0.15, 0.2) is 30.3 Å². The Morgan fingerprint density at radius 2 is 2.05 bits per heavy atom. The molecule has 6 nitrogen and oxygen atoms in total. The maximum Gasteiger partial charge on any atom is 0.442 e. The van der Waals surface area contributed by atoms with Crippen molar-refractivity contribution in [2.75, 3.05) is 6.61 Å². The van der Waals surface area contributed by atoms with Crippen LogP contribution < -0.4 is 9.47 Å². The quantitative estimate of drug-likeness (QED) is 0.807. The third kappa shape index (κ3) is 2.82. The van der Waals surface area contributed by atoms with Crippen molar-refractivity contribution >= 4 is 18.3 Å². The first kappa shape index (κ1) is 13.3. The van der Waals surface area contributed by atoms with Gasteiger partial charge in [-0.1, -0.05) is 18.2 Å². The van der Waals surface area contributed by atoms with Gasteiger partial charge in [0, 0.05) is 7.05 Å². The molecule has 0 atom stereocenters. The highest BCUT2D eigenvalue weighted by Gasteiger charge is 2.16. The van der Waals surface area contributed by atoms with Gasteiger partial charge >= 0.3 is 12.1 Å². The average Bonchev–Trinajstić information content (AvgIpc) is 2.69. The van der Waals surface area contributed by atoms with Crippen LogP contribution in [0.3, 0.4) is 0 Å². The van der Waals surface area contributed by atoms with Crippen molar-refractivity contribution in [3.63, 3.8) is 0 Å². The first-order valence-corrected chi connectivity index (χ1v) is 6.10. The fourth-order valence-corrected chi connectivity index (χ4v) is 1.62. The summed E-state index contributed by atoms with van der Waals surface area (Å²) in [6.45, 7) is 2.26. The van der Waals surface area contributed by atoms with Crippen molar-refractivity contribution in [3.8, 4) is 11.8 Å². The number of hydrogen-bond acceptors (Lipinski definition) is 5. The lowest BCUT2D eigenvalue weighted by atomic mass is 10.3. The molecule has 0 radical (unpaired) electrons. The maximum atomic E-state index is 11.9. The molecular formula is C12H13N3O3S. The van der Waals surface area contributed by atoms with Gasteiger partial charge in [0.15, 0.2) is 0 Å². The first-order chi connectivity index (χ1) is 9.13. The molecule has 1 aromatic carbocycles. The highest BCUT2D eigenvalue weighted by molar-refractivity contribution is 7.71. The summed E-state index contributed by atoms with van der Waals surface area (Å²) < 4.78 is 13.1. The fourth-order valence-electron chi connectivity index (χ4n) is 1.43. The zero-order valence-electron chi connectivity index (χ0n) is 10.6. The molecule has 0 saturated carbocycles. The third-order valence-electron chi connectivity index (χ3n) is 2.34. The molecule has 0 spiro atoms. The van der Waals surface area contributed by atoms with E-state index >= 15 is 0 Å². The average molecular weight is 279 g/mol. The minimum absolute atomic E-state index is 0.212. The molecule has 1 aromatic heterocycles. The van der Waals surface area contributed by atoms with Gasteiger partial charge in [-0.05, 0) is 31.3 Å². The van der Waals surface area contributed by atoms with Crippen molar-refractivity contribution in [1.82, 2.24) is 14.3 Å². The van der Waals surface area contributed by atoms with E-state index in [-0.39, 0.29) is 10.8 Å². The summed E-state index contributed by atoms with van der Waals surface area (Å²) in [7, 11) is 1.67. The normalized spacial score (nSPS) is 10.2. The number of carbonyl (C=O) groups is 1. The number of ether oxygens (including phenoxy) is 2. The van der Waals surface area contributed by atoms with Crippen LogP contribution in [-0.2, 0) is 7.05 Å². The van der Waals surface area contributed by atoms with Gasteiger partial charge in [-0.25, -0.2) is 4.79 Å². The van der Waals surface area contributed by atoms with E-state index in [1.807, 2.05) is 13.0 Å². The summed E-state index contributed by atoms with van der Waals surface area (Å²) in [5.74, 6) is 0.429. The van der Waals surface area contributed by atoms with Crippen LogP contribution in [0, 0.1) is 4.77 Å². The summed E-state index contributed by atoms with van der Waals surface area (Å²) in [4.78, 5) is 11.9. The van der Waals surface area contributed by atoms with E-state index in [0.29, 0.717) is 12.4 Å². The number of carbonyl (C=O) groups excluding carboxylic acids is 1. The van der Waals surface area contributed by atoms with Gasteiger partial charge in [0.25, 0.3) is 0 Å². The monoisotopic (exact) mass is 279 g/mol. The lowest BCUT2D eigenvalue weighted by molar-refractivity contribution is 0.197. The molecule has 0 N–H and O–H groups in total. The summed E-state index contributed by atoms with van der Waals surface area (Å²) >= 11 is 5.10. The molecule has 1 heterocycles. The topological polar surface area (TPSA) is 58.3 Å². The van der Waals surface area contributed by atoms with Crippen LogP contribution in [-0.4, -0.2) is 27.0 Å². The highest BCUT2D eigenvalue weighted by atomic mass is 32.1. The van der Waals surface area contributed by atoms with Gasteiger partial charge in [-0.15, -0.1) is 9.78 Å². The van der Waals surface area contributed by atoms with Crippen molar-refractivity contribution in [2.24, 2.45) is 7.05 Å². The summed E-state index contributed by atoms with van der Waals surface area (Å²) in [6, 6.07) is 8.99. The van der Waals surface area contributed by atoms with Gasteiger partial charge in [0.1, 0.15) is 5.75 Å². The van der Waals surface area contributed by atoms with Crippen LogP contribution >= 0.6 is 12.2 Å². The summed E-state index contributed by atoms with van der Waals surface area (Å²) in [5, 5.41) is 3.97. The van der Waals surface area contributed by atoms with Gasteiger partial charge in [0.05, 0.1) is 6.61 Å². The van der Waals surface area contributed by atoms with Gasteiger partial charge in [0.2, 0.25) is 4.77 Å². The second-order valence-corrected chi connectivity index (χ2v) is 4.02. The Bertz CT molecular complexity index is 633. The maximum absolute atomic E-state index is 11.9. The molecular weight excluding hydrogens is 266 g/mol. The van der Waals surface area contributed by atoms with Crippen LogP contribution in [0.2, 0.25) is 0 Å². The van der Waals surface area contributed by atoms with Crippen LogP contribution in [0.25, 0.3) is 0 Å². The van der Waals surface area contributed by atoms with Crippen molar-refractivity contribution < 1.29 is 14.3 Å². The van der Waals surface area contributed by atoms with Crippen molar-refractivity contribution in [2.45, 2.75) is 6.92 Å². The van der Waals surface area contributed by atoms with E-state index in [4.69, 9.17) is 21.7 Å². The molecule has 0 fully saturated rings. The van der Waals surface area contributed by atoms with E-state index in [1.54, 1.807) is 31.3 Å². The molecule has 0 saturated heterocycles. The zero-order valence-corrected chi connectivity index (χ0v) is 11.4. The Labute approximate surface area is 115 Å². The fraction of sp³-hybridized carbons (Fsp3) is 0.250. The lowest BCUT2D eigenvalue weighted by Crippen LogP contribution is -2.18. The molecule has 0 amide bonds. The summed E-state index contributed by atoms with van der Waals surface area (Å²) in [5.41, 5.74) is 0. The minimum Gasteiger partial charge on any atom is -0.464 e. The second-order valence-electron chi connectivity index (χ2n) is 3.65. The third-order valence-corrected chi connectivity index (χ3v) is 2.78. The number of aromatic nitrogens is 3. The highest BCUT2D eigenvalue weighted by Crippen LogP contribution is 2.12. The van der Waals surface area contributed by atoms with Crippen molar-refractivity contribution in [1.29, 1.82) is 0 Å². The number of hydrogen-bond donors (Lipinski definition) is 0. The second kappa shape index (κ2) is 5.66. The van der Waals surface area contributed by atoms with E-state index in [0.717, 1.165) is 4.68 Å². The van der Waals surface area contributed by atoms with Crippen LogP contribution in [0.5, 0.6) is 11.8 Å². The summed E-state index contributed by atoms with van der Waals surface area (Å²) in [6.07, 6.45) is -0.669. The Balaban J connectivity index is 2.25. The number of benzene rings is 1. The predicted octanol–water partition coefficient (Wildman–Crippen LogP) is 2.40. The number of rotatable bonds is 3. The van der Waals surface area contributed by atoms with E-state index < -0.39 is 6.09 Å². The lowest BCUT2D eigenvalue weighted by Gasteiger charge is -2.02.